The number of allylic oxidation sites excluding steroid dienone is 1. The van der Waals surface area contributed by atoms with Gasteiger partial charge < -0.3 is 5.32 Å². The van der Waals surface area contributed by atoms with Crippen molar-refractivity contribution in [1.82, 2.24) is 5.32 Å². The van der Waals surface area contributed by atoms with E-state index < -0.39 is 0 Å². The molecule has 1 nitrogen and oxygen atoms in total. The molecule has 2 atom stereocenters. The maximum absolute atomic E-state index is 3.76. The molecule has 100 valence electrons. The Kier molecular flexibility index (Phi) is 7.59. The fraction of sp³-hybridized carbons (Fsp3) is 0.875. The maximum atomic E-state index is 3.76. The smallest absolute Gasteiger partial charge is 0.0130 e. The van der Waals surface area contributed by atoms with Gasteiger partial charge in [-0.3, -0.25) is 0 Å². The van der Waals surface area contributed by atoms with Crippen molar-refractivity contribution in [3.63, 3.8) is 0 Å². The molecule has 0 saturated heterocycles. The zero-order valence-electron chi connectivity index (χ0n) is 12.1. The van der Waals surface area contributed by atoms with E-state index in [1.54, 1.807) is 5.57 Å². The van der Waals surface area contributed by atoms with Gasteiger partial charge in [-0.15, -0.1) is 0 Å². The summed E-state index contributed by atoms with van der Waals surface area (Å²) in [5.74, 6) is 0.814. The second-order valence-corrected chi connectivity index (χ2v) is 5.64. The van der Waals surface area contributed by atoms with Crippen LogP contribution >= 0.6 is 0 Å². The van der Waals surface area contributed by atoms with Crippen LogP contribution in [0.25, 0.3) is 0 Å². The fourth-order valence-electron chi connectivity index (χ4n) is 2.83. The quantitative estimate of drug-likeness (QED) is 0.604. The first-order valence-corrected chi connectivity index (χ1v) is 7.69. The molecule has 0 aromatic carbocycles. The molecule has 0 saturated carbocycles. The molecule has 0 aliphatic heterocycles. The van der Waals surface area contributed by atoms with Gasteiger partial charge in [0.1, 0.15) is 0 Å². The van der Waals surface area contributed by atoms with Crippen LogP contribution in [0.2, 0.25) is 0 Å². The Hall–Kier alpha value is -0.300. The van der Waals surface area contributed by atoms with Gasteiger partial charge in [0, 0.05) is 6.04 Å². The Morgan fingerprint density at radius 3 is 2.65 bits per heavy atom. The molecule has 1 aliphatic carbocycles. The van der Waals surface area contributed by atoms with Crippen LogP contribution in [0.1, 0.15) is 72.1 Å². The number of rotatable bonds is 8. The van der Waals surface area contributed by atoms with E-state index in [0.29, 0.717) is 6.04 Å². The van der Waals surface area contributed by atoms with Crippen molar-refractivity contribution in [2.75, 3.05) is 6.54 Å². The first kappa shape index (κ1) is 14.8. The summed E-state index contributed by atoms with van der Waals surface area (Å²) in [4.78, 5) is 0. The van der Waals surface area contributed by atoms with Gasteiger partial charge in [-0.05, 0) is 57.4 Å². The highest BCUT2D eigenvalue weighted by molar-refractivity contribution is 5.07. The highest BCUT2D eigenvalue weighted by atomic mass is 14.9. The normalized spacial score (nSPS) is 19.8. The van der Waals surface area contributed by atoms with Gasteiger partial charge >= 0.3 is 0 Å². The third-order valence-electron chi connectivity index (χ3n) is 3.95. The van der Waals surface area contributed by atoms with Crippen molar-refractivity contribution in [3.05, 3.63) is 11.6 Å². The monoisotopic (exact) mass is 237 g/mol. The lowest BCUT2D eigenvalue weighted by molar-refractivity contribution is 0.348. The zero-order chi connectivity index (χ0) is 12.5. The van der Waals surface area contributed by atoms with Gasteiger partial charge in [0.05, 0.1) is 0 Å². The van der Waals surface area contributed by atoms with E-state index in [0.717, 1.165) is 5.92 Å². The van der Waals surface area contributed by atoms with E-state index in [1.807, 2.05) is 0 Å². The van der Waals surface area contributed by atoms with Crippen molar-refractivity contribution in [2.24, 2.45) is 5.92 Å². The Labute approximate surface area is 108 Å². The predicted molar refractivity (Wildman–Crippen MR) is 77.3 cm³/mol. The summed E-state index contributed by atoms with van der Waals surface area (Å²) in [7, 11) is 0. The average Bonchev–Trinajstić information content (AvgIpc) is 2.36. The molecule has 2 unspecified atom stereocenters. The molecule has 0 radical (unpaired) electrons. The Morgan fingerprint density at radius 2 is 2.06 bits per heavy atom. The molecule has 0 aromatic rings. The second kappa shape index (κ2) is 8.74. The van der Waals surface area contributed by atoms with Gasteiger partial charge in [0.2, 0.25) is 0 Å². The third kappa shape index (κ3) is 5.72. The number of nitrogens with one attached hydrogen (secondary N) is 1. The van der Waals surface area contributed by atoms with E-state index in [1.165, 1.54) is 57.9 Å². The second-order valence-electron chi connectivity index (χ2n) is 5.64. The molecule has 0 aromatic heterocycles. The molecule has 17 heavy (non-hydrogen) atoms. The van der Waals surface area contributed by atoms with Gasteiger partial charge in [0.25, 0.3) is 0 Å². The standard InChI is InChI=1S/C16H31N/c1-4-9-14(3)16(17-12-5-2)13-15-10-7-6-8-11-15/h10,14,16-17H,4-9,11-13H2,1-3H3. The molecule has 1 rings (SSSR count). The molecule has 0 heterocycles. The largest absolute Gasteiger partial charge is 0.313 e. The topological polar surface area (TPSA) is 12.0 Å². The van der Waals surface area contributed by atoms with Crippen molar-refractivity contribution in [1.29, 1.82) is 0 Å². The summed E-state index contributed by atoms with van der Waals surface area (Å²) < 4.78 is 0. The Morgan fingerprint density at radius 1 is 1.24 bits per heavy atom. The highest BCUT2D eigenvalue weighted by Crippen LogP contribution is 2.25. The summed E-state index contributed by atoms with van der Waals surface area (Å²) in [5.41, 5.74) is 1.72. The summed E-state index contributed by atoms with van der Waals surface area (Å²) >= 11 is 0. The van der Waals surface area contributed by atoms with Crippen molar-refractivity contribution in [3.8, 4) is 0 Å². The zero-order valence-corrected chi connectivity index (χ0v) is 12.1. The van der Waals surface area contributed by atoms with Crippen LogP contribution in [0.4, 0.5) is 0 Å². The number of hydrogen-bond acceptors (Lipinski definition) is 1. The molecular weight excluding hydrogens is 206 g/mol. The van der Waals surface area contributed by atoms with Crippen molar-refractivity contribution >= 4 is 0 Å². The predicted octanol–water partition coefficient (Wildman–Crippen LogP) is 4.68. The van der Waals surface area contributed by atoms with Crippen LogP contribution in [0.3, 0.4) is 0 Å². The molecule has 1 heteroatoms. The van der Waals surface area contributed by atoms with Gasteiger partial charge in [-0.25, -0.2) is 0 Å². The van der Waals surface area contributed by atoms with E-state index in [9.17, 15) is 0 Å². The SMILES string of the molecule is CCCNC(CC1=CCCCC1)C(C)CCC. The fourth-order valence-corrected chi connectivity index (χ4v) is 2.83. The molecule has 0 fully saturated rings. The lowest BCUT2D eigenvalue weighted by Crippen LogP contribution is -2.36. The van der Waals surface area contributed by atoms with Gasteiger partial charge in [-0.2, -0.15) is 0 Å². The maximum Gasteiger partial charge on any atom is 0.0130 e. The van der Waals surface area contributed by atoms with E-state index in [2.05, 4.69) is 32.2 Å². The Bertz CT molecular complexity index is 220. The molecule has 0 amide bonds. The van der Waals surface area contributed by atoms with Crippen LogP contribution < -0.4 is 5.32 Å². The third-order valence-corrected chi connectivity index (χ3v) is 3.95. The molecule has 1 N–H and O–H groups in total. The lowest BCUT2D eigenvalue weighted by Gasteiger charge is -2.27. The van der Waals surface area contributed by atoms with Crippen molar-refractivity contribution in [2.45, 2.75) is 78.2 Å². The van der Waals surface area contributed by atoms with Crippen LogP contribution in [0.5, 0.6) is 0 Å². The highest BCUT2D eigenvalue weighted by Gasteiger charge is 2.18. The van der Waals surface area contributed by atoms with E-state index in [4.69, 9.17) is 0 Å². The first-order chi connectivity index (χ1) is 8.27. The minimum atomic E-state index is 0.708. The lowest BCUT2D eigenvalue weighted by atomic mass is 9.87. The minimum absolute atomic E-state index is 0.708. The van der Waals surface area contributed by atoms with Crippen LogP contribution in [0, 0.1) is 5.92 Å². The minimum Gasteiger partial charge on any atom is -0.313 e. The summed E-state index contributed by atoms with van der Waals surface area (Å²) in [6.07, 6.45) is 13.2. The number of hydrogen-bond donors (Lipinski definition) is 1. The average molecular weight is 237 g/mol. The first-order valence-electron chi connectivity index (χ1n) is 7.69. The van der Waals surface area contributed by atoms with Crippen LogP contribution in [-0.4, -0.2) is 12.6 Å². The molecule has 0 bridgehead atoms. The molecule has 0 spiro atoms. The van der Waals surface area contributed by atoms with E-state index >= 15 is 0 Å². The van der Waals surface area contributed by atoms with Crippen LogP contribution in [0.15, 0.2) is 11.6 Å². The Balaban J connectivity index is 2.46. The summed E-state index contributed by atoms with van der Waals surface area (Å²) in [6.45, 7) is 8.15. The molecular formula is C16H31N. The van der Waals surface area contributed by atoms with Crippen LogP contribution in [-0.2, 0) is 0 Å². The summed E-state index contributed by atoms with van der Waals surface area (Å²) in [6, 6.07) is 0.708. The van der Waals surface area contributed by atoms with Gasteiger partial charge in [0.15, 0.2) is 0 Å². The molecule has 1 aliphatic rings. The summed E-state index contributed by atoms with van der Waals surface area (Å²) in [5, 5.41) is 3.76. The van der Waals surface area contributed by atoms with Gasteiger partial charge in [-0.1, -0.05) is 38.8 Å². The van der Waals surface area contributed by atoms with Crippen molar-refractivity contribution < 1.29 is 0 Å². The van der Waals surface area contributed by atoms with E-state index in [-0.39, 0.29) is 0 Å².